The molecule has 2 heteroatoms. The van der Waals surface area contributed by atoms with Crippen LogP contribution in [-0.4, -0.2) is 0 Å². The van der Waals surface area contributed by atoms with Gasteiger partial charge in [-0.2, -0.15) is 0 Å². The van der Waals surface area contributed by atoms with Gasteiger partial charge in [0, 0.05) is 27.8 Å². The van der Waals surface area contributed by atoms with Gasteiger partial charge >= 0.3 is 0 Å². The molecule has 0 unspecified atom stereocenters. The Labute approximate surface area is 320 Å². The lowest BCUT2D eigenvalue weighted by atomic mass is 9.67. The van der Waals surface area contributed by atoms with Gasteiger partial charge in [0.1, 0.15) is 11.2 Å². The second-order valence-corrected chi connectivity index (χ2v) is 14.4. The summed E-state index contributed by atoms with van der Waals surface area (Å²) in [6.45, 7) is 0. The monoisotopic (exact) mass is 701 g/mol. The number of anilines is 3. The third-order valence-electron chi connectivity index (χ3n) is 11.6. The van der Waals surface area contributed by atoms with Crippen LogP contribution in [0, 0.1) is 0 Å². The summed E-state index contributed by atoms with van der Waals surface area (Å²) in [6, 6.07) is 76.9. The molecular weight excluding hydrogens is 667 g/mol. The van der Waals surface area contributed by atoms with Crippen LogP contribution in [0.2, 0.25) is 0 Å². The summed E-state index contributed by atoms with van der Waals surface area (Å²) >= 11 is 0. The van der Waals surface area contributed by atoms with Gasteiger partial charge < -0.3 is 9.32 Å². The molecule has 1 aromatic heterocycles. The zero-order valence-electron chi connectivity index (χ0n) is 30.1. The van der Waals surface area contributed by atoms with E-state index in [1.165, 1.54) is 66.1 Å². The molecule has 2 nitrogen and oxygen atoms in total. The van der Waals surface area contributed by atoms with Crippen molar-refractivity contribution in [2.24, 2.45) is 0 Å². The number of benzene rings is 9. The number of nitrogens with zero attached hydrogens (tertiary/aromatic N) is 1. The Morgan fingerprint density at radius 3 is 1.45 bits per heavy atom. The quantitative estimate of drug-likeness (QED) is 0.164. The predicted molar refractivity (Wildman–Crippen MR) is 229 cm³/mol. The second-order valence-electron chi connectivity index (χ2n) is 14.4. The van der Waals surface area contributed by atoms with Gasteiger partial charge in [-0.1, -0.05) is 164 Å². The van der Waals surface area contributed by atoms with Crippen LogP contribution in [0.5, 0.6) is 0 Å². The van der Waals surface area contributed by atoms with E-state index < -0.39 is 5.41 Å². The second kappa shape index (κ2) is 12.5. The molecule has 0 N–H and O–H groups in total. The SMILES string of the molecule is c1ccc(-c2ccc(N(c3ccc(-c4cccc5ccccc45)cc3)c3ccc(C4(c5ccccc5)c5cccc6oc7cccc4c7c56)cc3)cc2)cc1. The standard InChI is InChI=1S/C53H35NO/c1-3-12-36(13-4-1)37-24-30-42(31-25-37)54(43-32-26-39(27-33-43)46-19-9-15-38-14-7-8-18-45(38)46)44-34-28-41(29-35-44)53(40-16-5-2-6-17-40)47-20-10-22-49-51(47)52-48(53)21-11-23-50(52)55-49/h1-35H. The van der Waals surface area contributed by atoms with E-state index in [0.717, 1.165) is 28.2 Å². The van der Waals surface area contributed by atoms with E-state index in [2.05, 4.69) is 217 Å². The average molecular weight is 702 g/mol. The minimum absolute atomic E-state index is 0.484. The normalized spacial score (nSPS) is 12.9. The van der Waals surface area contributed by atoms with E-state index >= 15 is 0 Å². The van der Waals surface area contributed by atoms with Crippen molar-refractivity contribution in [3.8, 4) is 22.3 Å². The van der Waals surface area contributed by atoms with Crippen LogP contribution in [0.15, 0.2) is 217 Å². The van der Waals surface area contributed by atoms with E-state index in [1.807, 2.05) is 0 Å². The van der Waals surface area contributed by atoms with Crippen molar-refractivity contribution in [3.63, 3.8) is 0 Å². The summed E-state index contributed by atoms with van der Waals surface area (Å²) in [6.07, 6.45) is 0. The topological polar surface area (TPSA) is 16.4 Å². The Balaban J connectivity index is 1.06. The molecule has 0 aliphatic heterocycles. The first-order valence-corrected chi connectivity index (χ1v) is 18.9. The zero-order chi connectivity index (χ0) is 36.3. The lowest BCUT2D eigenvalue weighted by molar-refractivity contribution is 0.663. The molecule has 1 heterocycles. The average Bonchev–Trinajstić information content (AvgIpc) is 3.81. The highest BCUT2D eigenvalue weighted by Gasteiger charge is 2.46. The molecule has 258 valence electrons. The van der Waals surface area contributed by atoms with Crippen molar-refractivity contribution in [3.05, 3.63) is 235 Å². The van der Waals surface area contributed by atoms with Gasteiger partial charge in [-0.3, -0.25) is 0 Å². The van der Waals surface area contributed by atoms with E-state index in [1.54, 1.807) is 0 Å². The molecule has 1 aliphatic carbocycles. The highest BCUT2D eigenvalue weighted by atomic mass is 16.3. The van der Waals surface area contributed by atoms with E-state index in [-0.39, 0.29) is 0 Å². The van der Waals surface area contributed by atoms with E-state index in [0.29, 0.717) is 0 Å². The summed E-state index contributed by atoms with van der Waals surface area (Å²) in [5, 5.41) is 4.94. The summed E-state index contributed by atoms with van der Waals surface area (Å²) in [4.78, 5) is 2.37. The van der Waals surface area contributed by atoms with E-state index in [4.69, 9.17) is 4.42 Å². The Hall–Kier alpha value is -7.16. The first-order valence-electron chi connectivity index (χ1n) is 18.9. The minimum atomic E-state index is -0.484. The van der Waals surface area contributed by atoms with Gasteiger partial charge in [0.15, 0.2) is 0 Å². The third kappa shape index (κ3) is 4.82. The van der Waals surface area contributed by atoms with Crippen LogP contribution >= 0.6 is 0 Å². The molecule has 0 radical (unpaired) electrons. The summed E-state index contributed by atoms with van der Waals surface area (Å²) in [5.41, 5.74) is 14.5. The van der Waals surface area contributed by atoms with Gasteiger partial charge in [0.25, 0.3) is 0 Å². The molecule has 0 amide bonds. The number of rotatable bonds is 7. The number of fused-ring (bicyclic) bond motifs is 1. The maximum atomic E-state index is 6.38. The summed E-state index contributed by atoms with van der Waals surface area (Å²) < 4.78 is 6.38. The van der Waals surface area contributed by atoms with Crippen LogP contribution in [-0.2, 0) is 5.41 Å². The first-order chi connectivity index (χ1) is 27.3. The van der Waals surface area contributed by atoms with Gasteiger partial charge in [-0.25, -0.2) is 0 Å². The highest BCUT2D eigenvalue weighted by molar-refractivity contribution is 6.14. The number of furan rings is 1. The van der Waals surface area contributed by atoms with E-state index in [9.17, 15) is 0 Å². The van der Waals surface area contributed by atoms with Crippen LogP contribution < -0.4 is 4.90 Å². The largest absolute Gasteiger partial charge is 0.456 e. The van der Waals surface area contributed by atoms with Crippen molar-refractivity contribution in [1.82, 2.24) is 0 Å². The molecule has 0 bridgehead atoms. The fourth-order valence-corrected chi connectivity index (χ4v) is 9.12. The van der Waals surface area contributed by atoms with Gasteiger partial charge in [-0.05, 0) is 104 Å². The van der Waals surface area contributed by atoms with Gasteiger partial charge in [0.2, 0.25) is 0 Å². The molecule has 0 saturated heterocycles. The fourth-order valence-electron chi connectivity index (χ4n) is 9.12. The van der Waals surface area contributed by atoms with Crippen molar-refractivity contribution in [2.45, 2.75) is 5.41 Å². The van der Waals surface area contributed by atoms with Crippen molar-refractivity contribution in [2.75, 3.05) is 4.90 Å². The number of hydrogen-bond acceptors (Lipinski definition) is 2. The molecule has 9 aromatic carbocycles. The molecule has 11 rings (SSSR count). The maximum Gasteiger partial charge on any atom is 0.135 e. The van der Waals surface area contributed by atoms with Gasteiger partial charge in [-0.15, -0.1) is 0 Å². The molecule has 0 spiro atoms. The third-order valence-corrected chi connectivity index (χ3v) is 11.6. The Bertz CT molecular complexity index is 2930. The first kappa shape index (κ1) is 31.4. The Morgan fingerprint density at radius 2 is 0.818 bits per heavy atom. The summed E-state index contributed by atoms with van der Waals surface area (Å²) in [5.74, 6) is 0. The zero-order valence-corrected chi connectivity index (χ0v) is 30.1. The van der Waals surface area contributed by atoms with Crippen LogP contribution in [0.25, 0.3) is 55.0 Å². The molecule has 55 heavy (non-hydrogen) atoms. The van der Waals surface area contributed by atoms with Crippen molar-refractivity contribution in [1.29, 1.82) is 0 Å². The maximum absolute atomic E-state index is 6.38. The number of hydrogen-bond donors (Lipinski definition) is 0. The highest BCUT2D eigenvalue weighted by Crippen LogP contribution is 2.56. The molecule has 10 aromatic rings. The summed E-state index contributed by atoms with van der Waals surface area (Å²) in [7, 11) is 0. The molecule has 0 atom stereocenters. The van der Waals surface area contributed by atoms with Gasteiger partial charge in [0.05, 0.1) is 5.41 Å². The Morgan fingerprint density at radius 1 is 0.345 bits per heavy atom. The van der Waals surface area contributed by atoms with Crippen LogP contribution in [0.1, 0.15) is 22.3 Å². The molecule has 1 aliphatic rings. The predicted octanol–water partition coefficient (Wildman–Crippen LogP) is 14.2. The van der Waals surface area contributed by atoms with Crippen LogP contribution in [0.3, 0.4) is 0 Å². The molecular formula is C53H35NO. The van der Waals surface area contributed by atoms with Crippen LogP contribution in [0.4, 0.5) is 17.1 Å². The lowest BCUT2D eigenvalue weighted by Gasteiger charge is -2.35. The van der Waals surface area contributed by atoms with Crippen molar-refractivity contribution < 1.29 is 4.42 Å². The minimum Gasteiger partial charge on any atom is -0.456 e. The fraction of sp³-hybridized carbons (Fsp3) is 0.0189. The molecule has 0 saturated carbocycles. The van der Waals surface area contributed by atoms with Crippen molar-refractivity contribution >= 4 is 49.8 Å². The lowest BCUT2D eigenvalue weighted by Crippen LogP contribution is -2.29. The Kier molecular flexibility index (Phi) is 7.11. The molecule has 0 fully saturated rings. The smallest absolute Gasteiger partial charge is 0.135 e.